The molecule has 1 unspecified atom stereocenters. The Bertz CT molecular complexity index is 244. The molecule has 1 rings (SSSR count). The third-order valence-electron chi connectivity index (χ3n) is 4.90. The van der Waals surface area contributed by atoms with Crippen LogP contribution < -0.4 is 0 Å². The number of carboxylic acids is 1. The van der Waals surface area contributed by atoms with Gasteiger partial charge in [-0.25, -0.2) is 0 Å². The van der Waals surface area contributed by atoms with Gasteiger partial charge in [0.15, 0.2) is 0 Å². The largest absolute Gasteiger partial charge is 0.481 e. The zero-order chi connectivity index (χ0) is 14.6. The van der Waals surface area contributed by atoms with Crippen molar-refractivity contribution in [1.29, 1.82) is 0 Å². The molecule has 1 saturated carbocycles. The molecule has 2 heteroatoms. The van der Waals surface area contributed by atoms with E-state index in [1.807, 2.05) is 0 Å². The third kappa shape index (κ3) is 7.91. The summed E-state index contributed by atoms with van der Waals surface area (Å²) in [6, 6.07) is 0. The van der Waals surface area contributed by atoms with E-state index in [1.165, 1.54) is 64.2 Å². The maximum absolute atomic E-state index is 11.3. The molecule has 0 spiro atoms. The predicted molar refractivity (Wildman–Crippen MR) is 84.9 cm³/mol. The lowest BCUT2D eigenvalue weighted by molar-refractivity contribution is -0.142. The van der Waals surface area contributed by atoms with Gasteiger partial charge < -0.3 is 5.11 Å². The van der Waals surface area contributed by atoms with Gasteiger partial charge in [-0.3, -0.25) is 4.79 Å². The van der Waals surface area contributed by atoms with Crippen LogP contribution >= 0.6 is 0 Å². The van der Waals surface area contributed by atoms with Gasteiger partial charge in [-0.2, -0.15) is 0 Å². The normalized spacial score (nSPS) is 18.1. The summed E-state index contributed by atoms with van der Waals surface area (Å²) in [5, 5.41) is 9.34. The first-order chi connectivity index (χ1) is 9.74. The van der Waals surface area contributed by atoms with Crippen LogP contribution in [-0.4, -0.2) is 11.1 Å². The molecule has 0 radical (unpaired) electrons. The van der Waals surface area contributed by atoms with Crippen LogP contribution in [0.25, 0.3) is 0 Å². The number of unbranched alkanes of at least 4 members (excludes halogenated alkanes) is 5. The van der Waals surface area contributed by atoms with Gasteiger partial charge in [0, 0.05) is 0 Å². The molecule has 0 aromatic heterocycles. The molecule has 0 aliphatic heterocycles. The molecule has 0 saturated heterocycles. The van der Waals surface area contributed by atoms with Crippen molar-refractivity contribution < 1.29 is 9.90 Å². The first kappa shape index (κ1) is 17.5. The van der Waals surface area contributed by atoms with Gasteiger partial charge in [0.2, 0.25) is 0 Å². The third-order valence-corrected chi connectivity index (χ3v) is 4.90. The van der Waals surface area contributed by atoms with E-state index in [9.17, 15) is 9.90 Å². The summed E-state index contributed by atoms with van der Waals surface area (Å²) in [4.78, 5) is 11.3. The van der Waals surface area contributed by atoms with Crippen LogP contribution in [0.4, 0.5) is 0 Å². The Morgan fingerprint density at radius 2 is 1.65 bits per heavy atom. The summed E-state index contributed by atoms with van der Waals surface area (Å²) in [6.07, 6.45) is 17.2. The molecule has 0 bridgehead atoms. The molecule has 1 aliphatic rings. The van der Waals surface area contributed by atoms with Crippen LogP contribution in [0, 0.1) is 11.8 Å². The van der Waals surface area contributed by atoms with Gasteiger partial charge in [0.1, 0.15) is 0 Å². The van der Waals surface area contributed by atoms with Crippen molar-refractivity contribution in [2.24, 2.45) is 11.8 Å². The van der Waals surface area contributed by atoms with Crippen LogP contribution in [-0.2, 0) is 4.79 Å². The van der Waals surface area contributed by atoms with Gasteiger partial charge in [-0.1, -0.05) is 77.6 Å². The van der Waals surface area contributed by atoms with Crippen LogP contribution in [0.5, 0.6) is 0 Å². The van der Waals surface area contributed by atoms with E-state index in [0.29, 0.717) is 0 Å². The molecule has 0 aromatic carbocycles. The van der Waals surface area contributed by atoms with Gasteiger partial charge in [-0.05, 0) is 25.2 Å². The SMILES string of the molecule is CCCCCCCCC(CCC1CCCCC1)C(=O)O. The molecular weight excluding hydrogens is 248 g/mol. The highest BCUT2D eigenvalue weighted by Crippen LogP contribution is 2.29. The van der Waals surface area contributed by atoms with Crippen molar-refractivity contribution in [3.8, 4) is 0 Å². The summed E-state index contributed by atoms with van der Waals surface area (Å²) >= 11 is 0. The Balaban J connectivity index is 2.11. The summed E-state index contributed by atoms with van der Waals surface area (Å²) in [7, 11) is 0. The fourth-order valence-corrected chi connectivity index (χ4v) is 3.48. The Kier molecular flexibility index (Phi) is 9.78. The second-order valence-electron chi connectivity index (χ2n) is 6.67. The van der Waals surface area contributed by atoms with Crippen molar-refractivity contribution in [1.82, 2.24) is 0 Å². The molecule has 20 heavy (non-hydrogen) atoms. The quantitative estimate of drug-likeness (QED) is 0.486. The zero-order valence-electron chi connectivity index (χ0n) is 13.4. The van der Waals surface area contributed by atoms with E-state index in [4.69, 9.17) is 0 Å². The number of hydrogen-bond donors (Lipinski definition) is 1. The van der Waals surface area contributed by atoms with Gasteiger partial charge in [-0.15, -0.1) is 0 Å². The van der Waals surface area contributed by atoms with Crippen molar-refractivity contribution in [2.45, 2.75) is 96.8 Å². The minimum Gasteiger partial charge on any atom is -0.481 e. The second-order valence-corrected chi connectivity index (χ2v) is 6.67. The van der Waals surface area contributed by atoms with E-state index in [-0.39, 0.29) is 5.92 Å². The average molecular weight is 282 g/mol. The minimum absolute atomic E-state index is 0.0805. The Morgan fingerprint density at radius 3 is 2.30 bits per heavy atom. The average Bonchev–Trinajstić information content (AvgIpc) is 2.46. The molecule has 2 nitrogen and oxygen atoms in total. The van der Waals surface area contributed by atoms with E-state index in [0.717, 1.165) is 31.6 Å². The summed E-state index contributed by atoms with van der Waals surface area (Å²) in [6.45, 7) is 2.23. The number of carboxylic acid groups (broad SMARTS) is 1. The maximum Gasteiger partial charge on any atom is 0.306 e. The lowest BCUT2D eigenvalue weighted by Crippen LogP contribution is -2.16. The van der Waals surface area contributed by atoms with Gasteiger partial charge in [0.05, 0.1) is 5.92 Å². The van der Waals surface area contributed by atoms with Crippen molar-refractivity contribution in [3.05, 3.63) is 0 Å². The fraction of sp³-hybridized carbons (Fsp3) is 0.944. The summed E-state index contributed by atoms with van der Waals surface area (Å²) in [5.74, 6) is 0.174. The highest BCUT2D eigenvalue weighted by Gasteiger charge is 2.20. The van der Waals surface area contributed by atoms with Crippen LogP contribution in [0.15, 0.2) is 0 Å². The Morgan fingerprint density at radius 1 is 1.00 bits per heavy atom. The highest BCUT2D eigenvalue weighted by atomic mass is 16.4. The van der Waals surface area contributed by atoms with Crippen LogP contribution in [0.3, 0.4) is 0 Å². The molecular formula is C18H34O2. The molecule has 1 atom stereocenters. The first-order valence-corrected chi connectivity index (χ1v) is 8.96. The summed E-state index contributed by atoms with van der Waals surface area (Å²) in [5.41, 5.74) is 0. The van der Waals surface area contributed by atoms with Crippen LogP contribution in [0.2, 0.25) is 0 Å². The lowest BCUT2D eigenvalue weighted by atomic mass is 9.83. The monoisotopic (exact) mass is 282 g/mol. The predicted octanol–water partition coefficient (Wildman–Crippen LogP) is 5.80. The number of carbonyl (C=O) groups is 1. The topological polar surface area (TPSA) is 37.3 Å². The fourth-order valence-electron chi connectivity index (χ4n) is 3.48. The molecule has 118 valence electrons. The molecule has 1 fully saturated rings. The Hall–Kier alpha value is -0.530. The van der Waals surface area contributed by atoms with Gasteiger partial charge in [0.25, 0.3) is 0 Å². The molecule has 1 N–H and O–H groups in total. The number of rotatable bonds is 11. The summed E-state index contributed by atoms with van der Waals surface area (Å²) < 4.78 is 0. The van der Waals surface area contributed by atoms with Crippen molar-refractivity contribution in [2.75, 3.05) is 0 Å². The number of aliphatic carboxylic acids is 1. The van der Waals surface area contributed by atoms with Crippen molar-refractivity contribution in [3.63, 3.8) is 0 Å². The van der Waals surface area contributed by atoms with Crippen molar-refractivity contribution >= 4 is 5.97 Å². The van der Waals surface area contributed by atoms with E-state index in [2.05, 4.69) is 6.92 Å². The van der Waals surface area contributed by atoms with E-state index in [1.54, 1.807) is 0 Å². The molecule has 0 heterocycles. The van der Waals surface area contributed by atoms with E-state index < -0.39 is 5.97 Å². The molecule has 1 aliphatic carbocycles. The Labute approximate surface area is 125 Å². The number of hydrogen-bond acceptors (Lipinski definition) is 1. The standard InChI is InChI=1S/C18H34O2/c1-2-3-4-5-6-10-13-17(18(19)20)15-14-16-11-8-7-9-12-16/h16-17H,2-15H2,1H3,(H,19,20). The van der Waals surface area contributed by atoms with E-state index >= 15 is 0 Å². The molecule has 0 amide bonds. The smallest absolute Gasteiger partial charge is 0.306 e. The highest BCUT2D eigenvalue weighted by molar-refractivity contribution is 5.69. The van der Waals surface area contributed by atoms with Gasteiger partial charge >= 0.3 is 5.97 Å². The zero-order valence-corrected chi connectivity index (χ0v) is 13.4. The lowest BCUT2D eigenvalue weighted by Gasteiger charge is -2.23. The van der Waals surface area contributed by atoms with Crippen LogP contribution in [0.1, 0.15) is 96.8 Å². The molecule has 0 aromatic rings. The first-order valence-electron chi connectivity index (χ1n) is 8.96. The maximum atomic E-state index is 11.3. The second kappa shape index (κ2) is 11.2. The minimum atomic E-state index is -0.561.